The quantitative estimate of drug-likeness (QED) is 0.216. The van der Waals surface area contributed by atoms with Gasteiger partial charge in [-0.1, -0.05) is 57.9 Å². The lowest BCUT2D eigenvalue weighted by Crippen LogP contribution is -2.03. The van der Waals surface area contributed by atoms with Gasteiger partial charge in [0.05, 0.1) is 31.8 Å². The molecule has 2 N–H and O–H groups in total. The second-order valence-electron chi connectivity index (χ2n) is 8.83. The Morgan fingerprint density at radius 3 is 2.18 bits per heavy atom. The van der Waals surface area contributed by atoms with Gasteiger partial charge in [-0.2, -0.15) is 0 Å². The minimum absolute atomic E-state index is 0.146. The van der Waals surface area contributed by atoms with E-state index in [1.807, 2.05) is 0 Å². The van der Waals surface area contributed by atoms with Crippen LogP contribution in [0.25, 0.3) is 11.3 Å². The van der Waals surface area contributed by atoms with Gasteiger partial charge in [-0.3, -0.25) is 0 Å². The molecule has 1 aromatic heterocycles. The molecule has 4 aromatic rings. The Morgan fingerprint density at radius 1 is 0.923 bits per heavy atom. The zero-order chi connectivity index (χ0) is 27.7. The lowest BCUT2D eigenvalue weighted by molar-refractivity contribution is 0.0696. The standard InChI is InChI=1S/C29H18Cl3NO6/c30-22-2-1-3-23(31)25(22)26-21(27(39-33-26)17-6-7-17)14-38-20-9-8-16(24(32)13-20)5-4-15-10-18(28(34)35)12-19(11-15)29(36)37/h1-3,8-13,17H,6-7,14H2,(H,34,35)(H,36,37). The molecule has 0 atom stereocenters. The maximum atomic E-state index is 11.3. The first-order valence-electron chi connectivity index (χ1n) is 11.7. The van der Waals surface area contributed by atoms with Crippen molar-refractivity contribution in [3.8, 4) is 28.8 Å². The summed E-state index contributed by atoms with van der Waals surface area (Å²) in [4.78, 5) is 22.7. The van der Waals surface area contributed by atoms with E-state index >= 15 is 0 Å². The van der Waals surface area contributed by atoms with Gasteiger partial charge in [0.2, 0.25) is 0 Å². The summed E-state index contributed by atoms with van der Waals surface area (Å²) in [5.41, 5.74) is 2.21. The largest absolute Gasteiger partial charge is 0.489 e. The predicted molar refractivity (Wildman–Crippen MR) is 146 cm³/mol. The van der Waals surface area contributed by atoms with Gasteiger partial charge in [0.25, 0.3) is 0 Å². The molecule has 0 bridgehead atoms. The molecule has 10 heteroatoms. The summed E-state index contributed by atoms with van der Waals surface area (Å²) in [5, 5.41) is 24.0. The summed E-state index contributed by atoms with van der Waals surface area (Å²) in [6.07, 6.45) is 2.00. The first-order valence-corrected chi connectivity index (χ1v) is 12.8. The van der Waals surface area contributed by atoms with Crippen molar-refractivity contribution in [1.82, 2.24) is 5.16 Å². The SMILES string of the molecule is O=C(O)c1cc(C#Cc2ccc(OCc3c(-c4c(Cl)cccc4Cl)noc3C3CC3)cc2Cl)cc(C(=O)O)c1. The summed E-state index contributed by atoms with van der Waals surface area (Å²) < 4.78 is 11.7. The van der Waals surface area contributed by atoms with E-state index in [4.69, 9.17) is 44.1 Å². The van der Waals surface area contributed by atoms with Crippen LogP contribution in [0.3, 0.4) is 0 Å². The molecule has 0 saturated heterocycles. The molecule has 7 nitrogen and oxygen atoms in total. The Balaban J connectivity index is 1.39. The summed E-state index contributed by atoms with van der Waals surface area (Å²) in [5.74, 6) is 4.63. The van der Waals surface area contributed by atoms with Crippen LogP contribution >= 0.6 is 34.8 Å². The van der Waals surface area contributed by atoms with Crippen LogP contribution in [0.5, 0.6) is 5.75 Å². The fraction of sp³-hybridized carbons (Fsp3) is 0.138. The van der Waals surface area contributed by atoms with E-state index in [2.05, 4.69) is 17.0 Å². The van der Waals surface area contributed by atoms with E-state index in [1.165, 1.54) is 12.1 Å². The van der Waals surface area contributed by atoms with Crippen LogP contribution in [0.2, 0.25) is 15.1 Å². The average Bonchev–Trinajstić information content (AvgIpc) is 3.66. The number of ether oxygens (including phenoxy) is 1. The number of aromatic nitrogens is 1. The van der Waals surface area contributed by atoms with Gasteiger partial charge in [0.1, 0.15) is 23.8 Å². The molecule has 0 radical (unpaired) electrons. The normalized spacial score (nSPS) is 12.5. The Hall–Kier alpha value is -3.96. The minimum Gasteiger partial charge on any atom is -0.489 e. The van der Waals surface area contributed by atoms with Crippen LogP contribution in [0.1, 0.15) is 61.9 Å². The summed E-state index contributed by atoms with van der Waals surface area (Å²) in [6.45, 7) is 0.146. The number of carbonyl (C=O) groups is 2. The Morgan fingerprint density at radius 2 is 1.59 bits per heavy atom. The summed E-state index contributed by atoms with van der Waals surface area (Å²) in [6, 6.07) is 13.9. The van der Waals surface area contributed by atoms with E-state index in [9.17, 15) is 19.8 Å². The van der Waals surface area contributed by atoms with Gasteiger partial charge in [-0.15, -0.1) is 0 Å². The molecule has 0 amide bonds. The predicted octanol–water partition coefficient (Wildman–Crippen LogP) is 7.55. The number of aromatic carboxylic acids is 2. The Kier molecular flexibility index (Phi) is 7.53. The third-order valence-corrected chi connectivity index (χ3v) is 7.00. The zero-order valence-electron chi connectivity index (χ0n) is 20.0. The molecular weight excluding hydrogens is 565 g/mol. The van der Waals surface area contributed by atoms with Gasteiger partial charge >= 0.3 is 11.9 Å². The van der Waals surface area contributed by atoms with Gasteiger partial charge < -0.3 is 19.5 Å². The van der Waals surface area contributed by atoms with Crippen molar-refractivity contribution in [3.63, 3.8) is 0 Å². The van der Waals surface area contributed by atoms with Crippen LogP contribution in [0.15, 0.2) is 59.1 Å². The number of carboxylic acids is 2. The highest BCUT2D eigenvalue weighted by atomic mass is 35.5. The highest BCUT2D eigenvalue weighted by molar-refractivity contribution is 6.39. The fourth-order valence-electron chi connectivity index (χ4n) is 3.98. The lowest BCUT2D eigenvalue weighted by Gasteiger charge is -2.10. The van der Waals surface area contributed by atoms with Crippen molar-refractivity contribution < 1.29 is 29.1 Å². The minimum atomic E-state index is -1.25. The van der Waals surface area contributed by atoms with Gasteiger partial charge in [-0.25, -0.2) is 9.59 Å². The highest BCUT2D eigenvalue weighted by Gasteiger charge is 2.33. The summed E-state index contributed by atoms with van der Waals surface area (Å²) >= 11 is 19.3. The molecule has 5 rings (SSSR count). The number of halogens is 3. The first kappa shape index (κ1) is 26.6. The molecule has 1 fully saturated rings. The number of rotatable bonds is 7. The van der Waals surface area contributed by atoms with Crippen molar-refractivity contribution in [2.75, 3.05) is 0 Å². The first-order chi connectivity index (χ1) is 18.7. The monoisotopic (exact) mass is 581 g/mol. The molecule has 1 heterocycles. The van der Waals surface area contributed by atoms with Crippen LogP contribution in [0.4, 0.5) is 0 Å². The number of nitrogens with zero attached hydrogens (tertiary/aromatic N) is 1. The topological polar surface area (TPSA) is 110 Å². The van der Waals surface area contributed by atoms with Crippen LogP contribution in [0, 0.1) is 11.8 Å². The molecular formula is C29H18Cl3NO6. The van der Waals surface area contributed by atoms with Gasteiger partial charge in [0.15, 0.2) is 0 Å². The van der Waals surface area contributed by atoms with E-state index in [0.29, 0.717) is 37.6 Å². The van der Waals surface area contributed by atoms with E-state index in [0.717, 1.165) is 30.2 Å². The number of hydrogen-bond acceptors (Lipinski definition) is 5. The molecule has 1 aliphatic rings. The zero-order valence-corrected chi connectivity index (χ0v) is 22.3. The maximum absolute atomic E-state index is 11.3. The maximum Gasteiger partial charge on any atom is 0.335 e. The average molecular weight is 583 g/mol. The molecule has 0 spiro atoms. The van der Waals surface area contributed by atoms with Gasteiger partial charge in [-0.05, 0) is 55.3 Å². The molecule has 3 aromatic carbocycles. The van der Waals surface area contributed by atoms with E-state index in [-0.39, 0.29) is 29.2 Å². The molecule has 39 heavy (non-hydrogen) atoms. The fourth-order valence-corrected chi connectivity index (χ4v) is 4.77. The van der Waals surface area contributed by atoms with E-state index < -0.39 is 11.9 Å². The van der Waals surface area contributed by atoms with Crippen molar-refractivity contribution in [3.05, 3.63) is 103 Å². The lowest BCUT2D eigenvalue weighted by atomic mass is 10.0. The third kappa shape index (κ3) is 5.89. The van der Waals surface area contributed by atoms with Crippen molar-refractivity contribution in [2.45, 2.75) is 25.4 Å². The van der Waals surface area contributed by atoms with Crippen molar-refractivity contribution >= 4 is 46.7 Å². The van der Waals surface area contributed by atoms with E-state index in [1.54, 1.807) is 36.4 Å². The number of hydrogen-bond donors (Lipinski definition) is 2. The number of benzene rings is 3. The molecule has 196 valence electrons. The molecule has 1 saturated carbocycles. The Bertz CT molecular complexity index is 1630. The second kappa shape index (κ2) is 11.0. The third-order valence-electron chi connectivity index (χ3n) is 6.06. The van der Waals surface area contributed by atoms with Crippen LogP contribution in [-0.2, 0) is 6.61 Å². The molecule has 0 aliphatic heterocycles. The van der Waals surface area contributed by atoms with Crippen molar-refractivity contribution in [1.29, 1.82) is 0 Å². The highest BCUT2D eigenvalue weighted by Crippen LogP contribution is 2.46. The smallest absolute Gasteiger partial charge is 0.335 e. The van der Waals surface area contributed by atoms with Crippen LogP contribution in [-0.4, -0.2) is 27.3 Å². The Labute approximate surface area is 237 Å². The molecule has 0 unspecified atom stereocenters. The second-order valence-corrected chi connectivity index (χ2v) is 10.1. The molecule has 1 aliphatic carbocycles. The van der Waals surface area contributed by atoms with Gasteiger partial charge in [0, 0.05) is 28.7 Å². The summed E-state index contributed by atoms with van der Waals surface area (Å²) in [7, 11) is 0. The van der Waals surface area contributed by atoms with Crippen LogP contribution < -0.4 is 4.74 Å². The van der Waals surface area contributed by atoms with Crippen molar-refractivity contribution in [2.24, 2.45) is 0 Å². The number of carboxylic acid groups (broad SMARTS) is 2.